The summed E-state index contributed by atoms with van der Waals surface area (Å²) in [6.07, 6.45) is 3.37. The third-order valence-corrected chi connectivity index (χ3v) is 5.22. The maximum absolute atomic E-state index is 12.2. The summed E-state index contributed by atoms with van der Waals surface area (Å²) in [5, 5.41) is 16.2. The number of aromatic amines is 1. The maximum Gasteiger partial charge on any atom is 0.240 e. The first-order valence-electron chi connectivity index (χ1n) is 8.41. The summed E-state index contributed by atoms with van der Waals surface area (Å²) in [4.78, 5) is 22.0. The fourth-order valence-corrected chi connectivity index (χ4v) is 4.00. The molecule has 1 aliphatic heterocycles. The van der Waals surface area contributed by atoms with Crippen LogP contribution in [0.25, 0.3) is 22.2 Å². The molecular formula is C18H20N4O2S. The molecule has 6 nitrogen and oxygen atoms in total. The number of nitrogens with zero attached hydrogens (tertiary/aromatic N) is 2. The molecule has 0 saturated carbocycles. The van der Waals surface area contributed by atoms with E-state index in [9.17, 15) is 9.90 Å². The van der Waals surface area contributed by atoms with E-state index in [4.69, 9.17) is 0 Å². The van der Waals surface area contributed by atoms with Gasteiger partial charge in [0.15, 0.2) is 5.13 Å². The molecule has 0 bridgehead atoms. The number of rotatable bonds is 4. The second-order valence-electron chi connectivity index (χ2n) is 6.37. The number of aromatic nitrogens is 2. The predicted octanol–water partition coefficient (Wildman–Crippen LogP) is 2.69. The number of fused-ring (bicyclic) bond motifs is 1. The van der Waals surface area contributed by atoms with Gasteiger partial charge >= 0.3 is 0 Å². The van der Waals surface area contributed by atoms with Gasteiger partial charge in [-0.25, -0.2) is 4.98 Å². The van der Waals surface area contributed by atoms with Crippen molar-refractivity contribution in [2.45, 2.75) is 18.9 Å². The van der Waals surface area contributed by atoms with Gasteiger partial charge in [-0.1, -0.05) is 18.2 Å². The summed E-state index contributed by atoms with van der Waals surface area (Å²) in [5.41, 5.74) is 2.96. The van der Waals surface area contributed by atoms with E-state index in [1.807, 2.05) is 34.7 Å². The first-order valence-corrected chi connectivity index (χ1v) is 9.29. The number of nitrogens with one attached hydrogen (secondary N) is 2. The van der Waals surface area contributed by atoms with Gasteiger partial charge in [-0.15, -0.1) is 11.3 Å². The average molecular weight is 356 g/mol. The molecule has 1 aliphatic rings. The van der Waals surface area contributed by atoms with Crippen molar-refractivity contribution in [1.82, 2.24) is 14.9 Å². The van der Waals surface area contributed by atoms with Crippen LogP contribution in [0.15, 0.2) is 35.8 Å². The van der Waals surface area contributed by atoms with Gasteiger partial charge in [0, 0.05) is 34.6 Å². The van der Waals surface area contributed by atoms with Gasteiger partial charge in [-0.2, -0.15) is 0 Å². The van der Waals surface area contributed by atoms with E-state index in [0.717, 1.165) is 41.5 Å². The van der Waals surface area contributed by atoms with Crippen molar-refractivity contribution in [3.05, 3.63) is 35.8 Å². The molecule has 25 heavy (non-hydrogen) atoms. The molecule has 0 radical (unpaired) electrons. The molecule has 130 valence electrons. The van der Waals surface area contributed by atoms with E-state index in [1.54, 1.807) is 0 Å². The Morgan fingerprint density at radius 1 is 1.44 bits per heavy atom. The van der Waals surface area contributed by atoms with Crippen molar-refractivity contribution < 1.29 is 9.90 Å². The summed E-state index contributed by atoms with van der Waals surface area (Å²) >= 11 is 1.42. The topological polar surface area (TPSA) is 81.2 Å². The lowest BCUT2D eigenvalue weighted by molar-refractivity contribution is -0.118. The highest BCUT2D eigenvalue weighted by atomic mass is 32.1. The van der Waals surface area contributed by atoms with Crippen molar-refractivity contribution in [1.29, 1.82) is 0 Å². The van der Waals surface area contributed by atoms with Gasteiger partial charge in [0.2, 0.25) is 5.91 Å². The third kappa shape index (κ3) is 3.58. The molecule has 3 aromatic rings. The number of aliphatic hydroxyl groups is 1. The Kier molecular flexibility index (Phi) is 4.52. The van der Waals surface area contributed by atoms with Crippen LogP contribution >= 0.6 is 11.3 Å². The fourth-order valence-electron chi connectivity index (χ4n) is 3.27. The third-order valence-electron chi connectivity index (χ3n) is 4.46. The Morgan fingerprint density at radius 3 is 3.20 bits per heavy atom. The molecule has 1 saturated heterocycles. The first kappa shape index (κ1) is 16.3. The minimum absolute atomic E-state index is 0.0890. The maximum atomic E-state index is 12.2. The lowest BCUT2D eigenvalue weighted by Crippen LogP contribution is -2.42. The Balaban J connectivity index is 1.43. The summed E-state index contributed by atoms with van der Waals surface area (Å²) in [6.45, 7) is 1.70. The summed E-state index contributed by atoms with van der Waals surface area (Å²) in [7, 11) is 0. The molecule has 4 rings (SSSR count). The molecule has 3 N–H and O–H groups in total. The number of thiazole rings is 1. The summed E-state index contributed by atoms with van der Waals surface area (Å²) < 4.78 is 0. The summed E-state index contributed by atoms with van der Waals surface area (Å²) in [6, 6.07) is 8.08. The number of amides is 1. The fraction of sp³-hybridized carbons (Fsp3) is 0.333. The van der Waals surface area contributed by atoms with Crippen LogP contribution in [-0.4, -0.2) is 51.6 Å². The Bertz CT molecular complexity index is 888. The van der Waals surface area contributed by atoms with Gasteiger partial charge in [0.05, 0.1) is 18.3 Å². The normalized spacial score (nSPS) is 18.5. The van der Waals surface area contributed by atoms with E-state index >= 15 is 0 Å². The number of piperidine rings is 1. The first-order chi connectivity index (χ1) is 12.2. The molecule has 2 aromatic heterocycles. The zero-order valence-electron chi connectivity index (χ0n) is 13.7. The van der Waals surface area contributed by atoms with Gasteiger partial charge in [0.1, 0.15) is 0 Å². The Hall–Kier alpha value is -2.22. The van der Waals surface area contributed by atoms with E-state index in [1.165, 1.54) is 11.3 Å². The van der Waals surface area contributed by atoms with E-state index in [0.29, 0.717) is 18.2 Å². The monoisotopic (exact) mass is 356 g/mol. The second-order valence-corrected chi connectivity index (χ2v) is 7.22. The number of hydrogen-bond donors (Lipinski definition) is 3. The van der Waals surface area contributed by atoms with Crippen molar-refractivity contribution in [2.75, 3.05) is 25.0 Å². The number of likely N-dealkylation sites (tertiary alicyclic amines) is 1. The highest BCUT2D eigenvalue weighted by molar-refractivity contribution is 7.14. The number of benzene rings is 1. The SMILES string of the molecule is O=C(CN1CCCC(O)C1)Nc1nc(-c2c[nH]c3ccccc23)cs1. The van der Waals surface area contributed by atoms with Crippen LogP contribution in [-0.2, 0) is 4.79 Å². The van der Waals surface area contributed by atoms with Crippen molar-refractivity contribution in [2.24, 2.45) is 0 Å². The van der Waals surface area contributed by atoms with E-state index < -0.39 is 0 Å². The van der Waals surface area contributed by atoms with Crippen LogP contribution < -0.4 is 5.32 Å². The smallest absolute Gasteiger partial charge is 0.240 e. The molecule has 1 unspecified atom stereocenters. The van der Waals surface area contributed by atoms with Crippen LogP contribution in [0, 0.1) is 0 Å². The molecule has 1 aromatic carbocycles. The van der Waals surface area contributed by atoms with Crippen LogP contribution in [0.1, 0.15) is 12.8 Å². The lowest BCUT2D eigenvalue weighted by Gasteiger charge is -2.29. The molecule has 1 amide bonds. The number of H-pyrrole nitrogens is 1. The van der Waals surface area contributed by atoms with Crippen molar-refractivity contribution in [3.63, 3.8) is 0 Å². The molecule has 0 aliphatic carbocycles. The molecule has 7 heteroatoms. The molecule has 1 fully saturated rings. The Labute approximate surface area is 149 Å². The van der Waals surface area contributed by atoms with Crippen LogP contribution in [0.2, 0.25) is 0 Å². The molecule has 1 atom stereocenters. The quantitative estimate of drug-likeness (QED) is 0.671. The van der Waals surface area contributed by atoms with Crippen LogP contribution in [0.3, 0.4) is 0 Å². The van der Waals surface area contributed by atoms with E-state index in [2.05, 4.69) is 21.4 Å². The number of carbonyl (C=O) groups is 1. The van der Waals surface area contributed by atoms with Crippen LogP contribution in [0.4, 0.5) is 5.13 Å². The standard InChI is InChI=1S/C18H20N4O2S/c23-12-4-3-7-22(9-12)10-17(24)21-18-20-16(11-25-18)14-8-19-15-6-2-1-5-13(14)15/h1-2,5-6,8,11-12,19,23H,3-4,7,9-10H2,(H,20,21,24). The van der Waals surface area contributed by atoms with Crippen LogP contribution in [0.5, 0.6) is 0 Å². The molecule has 3 heterocycles. The number of aliphatic hydroxyl groups excluding tert-OH is 1. The minimum atomic E-state index is -0.324. The lowest BCUT2D eigenvalue weighted by atomic mass is 10.1. The molecule has 0 spiro atoms. The number of para-hydroxylation sites is 1. The zero-order chi connectivity index (χ0) is 17.2. The molecular weight excluding hydrogens is 336 g/mol. The highest BCUT2D eigenvalue weighted by Gasteiger charge is 2.20. The minimum Gasteiger partial charge on any atom is -0.392 e. The van der Waals surface area contributed by atoms with Gasteiger partial charge in [-0.3, -0.25) is 9.69 Å². The Morgan fingerprint density at radius 2 is 2.32 bits per heavy atom. The number of hydrogen-bond acceptors (Lipinski definition) is 5. The van der Waals surface area contributed by atoms with Crippen molar-refractivity contribution >= 4 is 33.3 Å². The second kappa shape index (κ2) is 6.95. The van der Waals surface area contributed by atoms with Gasteiger partial charge in [-0.05, 0) is 25.5 Å². The number of carbonyl (C=O) groups excluding carboxylic acids is 1. The van der Waals surface area contributed by atoms with E-state index in [-0.39, 0.29) is 12.0 Å². The largest absolute Gasteiger partial charge is 0.392 e. The number of β-amino-alcohol motifs (C(OH)–C–C–N with tert-alkyl or cyclic N) is 1. The average Bonchev–Trinajstić information content (AvgIpc) is 3.21. The number of anilines is 1. The van der Waals surface area contributed by atoms with Gasteiger partial charge < -0.3 is 15.4 Å². The predicted molar refractivity (Wildman–Crippen MR) is 99.7 cm³/mol. The highest BCUT2D eigenvalue weighted by Crippen LogP contribution is 2.30. The zero-order valence-corrected chi connectivity index (χ0v) is 14.6. The van der Waals surface area contributed by atoms with Gasteiger partial charge in [0.25, 0.3) is 0 Å². The van der Waals surface area contributed by atoms with Crippen molar-refractivity contribution in [3.8, 4) is 11.3 Å². The summed E-state index contributed by atoms with van der Waals surface area (Å²) in [5.74, 6) is -0.0890.